The zero-order valence-electron chi connectivity index (χ0n) is 27.6. The van der Waals surface area contributed by atoms with Crippen molar-refractivity contribution in [3.63, 3.8) is 0 Å². The normalized spacial score (nSPS) is 19.4. The fraction of sp³-hybridized carbons (Fsp3) is 0.459. The van der Waals surface area contributed by atoms with E-state index in [0.29, 0.717) is 25.1 Å². The Kier molecular flexibility index (Phi) is 12.2. The zero-order chi connectivity index (χ0) is 33.2. The molecule has 10 nitrogen and oxygen atoms in total. The Morgan fingerprint density at radius 3 is 2.43 bits per heavy atom. The van der Waals surface area contributed by atoms with Crippen molar-refractivity contribution in [2.45, 2.75) is 77.1 Å². The molecule has 0 radical (unpaired) electrons. The largest absolute Gasteiger partial charge is 0.493 e. The number of carbonyl (C=O) groups excluding carboxylic acids is 2. The standard InChI is InChI=1S/C37H47N3O7/c1-25(42)38-16-6-4-5-10-36(43)39-31-9-7-8-29(18-31)37-46-32(21-33(47-37)27-13-11-26(24-41)12-14-27)23-40-17-15-28-19-34(44-2)35(45-3)20-30(28)22-40/h7-9,11-14,18-20,32-33,37,41H,4-6,10,15-17,21-24H2,1-3H3,(H,38,42)(H,39,43)/t32-,33+,37+/m1/s1. The highest BCUT2D eigenvalue weighted by Gasteiger charge is 2.34. The highest BCUT2D eigenvalue weighted by Crippen LogP contribution is 2.39. The first-order valence-electron chi connectivity index (χ1n) is 16.5. The lowest BCUT2D eigenvalue weighted by molar-refractivity contribution is -0.253. The molecule has 0 unspecified atom stereocenters. The van der Waals surface area contributed by atoms with Crippen LogP contribution in [0.2, 0.25) is 0 Å². The number of ether oxygens (including phenoxy) is 4. The Balaban J connectivity index is 1.26. The van der Waals surface area contributed by atoms with Crippen LogP contribution in [0.4, 0.5) is 5.69 Å². The SMILES string of the molecule is COc1cc2c(cc1OC)CN(C[C@H]1C[C@@H](c3ccc(CO)cc3)O[C@@H](c3cccc(NC(=O)CCCCCNC(C)=O)c3)O1)CC2. The minimum atomic E-state index is -0.622. The van der Waals surface area contributed by atoms with Crippen molar-refractivity contribution >= 4 is 17.5 Å². The summed E-state index contributed by atoms with van der Waals surface area (Å²) in [6, 6.07) is 19.7. The Labute approximate surface area is 277 Å². The number of amides is 2. The van der Waals surface area contributed by atoms with Gasteiger partial charge in [-0.15, -0.1) is 0 Å². The topological polar surface area (TPSA) is 119 Å². The number of carbonyl (C=O) groups is 2. The maximum Gasteiger partial charge on any atom is 0.224 e. The Morgan fingerprint density at radius 1 is 0.936 bits per heavy atom. The molecule has 5 rings (SSSR count). The van der Waals surface area contributed by atoms with Gasteiger partial charge < -0.3 is 34.7 Å². The number of fused-ring (bicyclic) bond motifs is 1. The minimum Gasteiger partial charge on any atom is -0.493 e. The molecule has 10 heteroatoms. The highest BCUT2D eigenvalue weighted by molar-refractivity contribution is 5.90. The van der Waals surface area contributed by atoms with Gasteiger partial charge in [0.05, 0.1) is 33.0 Å². The van der Waals surface area contributed by atoms with Gasteiger partial charge in [0, 0.05) is 57.2 Å². The van der Waals surface area contributed by atoms with E-state index in [9.17, 15) is 14.7 Å². The molecule has 0 saturated carbocycles. The predicted molar refractivity (Wildman–Crippen MR) is 179 cm³/mol. The smallest absolute Gasteiger partial charge is 0.224 e. The monoisotopic (exact) mass is 645 g/mol. The summed E-state index contributed by atoms with van der Waals surface area (Å²) >= 11 is 0. The number of anilines is 1. The number of hydrogen-bond donors (Lipinski definition) is 3. The third-order valence-electron chi connectivity index (χ3n) is 8.77. The van der Waals surface area contributed by atoms with Crippen LogP contribution >= 0.6 is 0 Å². The number of benzene rings is 3. The summed E-state index contributed by atoms with van der Waals surface area (Å²) in [5, 5.41) is 15.4. The van der Waals surface area contributed by atoms with E-state index >= 15 is 0 Å². The van der Waals surface area contributed by atoms with Gasteiger partial charge in [-0.1, -0.05) is 42.8 Å². The van der Waals surface area contributed by atoms with Gasteiger partial charge in [-0.25, -0.2) is 0 Å². The lowest BCUT2D eigenvalue weighted by Gasteiger charge is -2.39. The first-order valence-corrected chi connectivity index (χ1v) is 16.5. The van der Waals surface area contributed by atoms with Crippen LogP contribution in [0.3, 0.4) is 0 Å². The average Bonchev–Trinajstić information content (AvgIpc) is 3.09. The van der Waals surface area contributed by atoms with Gasteiger partial charge >= 0.3 is 0 Å². The summed E-state index contributed by atoms with van der Waals surface area (Å²) in [5.41, 5.74) is 5.91. The maximum atomic E-state index is 12.7. The predicted octanol–water partition coefficient (Wildman–Crippen LogP) is 5.43. The van der Waals surface area contributed by atoms with Gasteiger partial charge in [0.25, 0.3) is 0 Å². The molecular formula is C37H47N3O7. The van der Waals surface area contributed by atoms with Crippen LogP contribution < -0.4 is 20.1 Å². The molecule has 47 heavy (non-hydrogen) atoms. The molecule has 3 atom stereocenters. The van der Waals surface area contributed by atoms with Crippen LogP contribution in [0.25, 0.3) is 0 Å². The van der Waals surface area contributed by atoms with Crippen molar-refractivity contribution in [1.29, 1.82) is 0 Å². The number of nitrogens with zero attached hydrogens (tertiary/aromatic N) is 1. The molecule has 0 aromatic heterocycles. The quantitative estimate of drug-likeness (QED) is 0.199. The second-order valence-electron chi connectivity index (χ2n) is 12.3. The first-order chi connectivity index (χ1) is 22.8. The van der Waals surface area contributed by atoms with Crippen molar-refractivity contribution in [2.75, 3.05) is 39.2 Å². The van der Waals surface area contributed by atoms with E-state index in [0.717, 1.165) is 73.5 Å². The van der Waals surface area contributed by atoms with Crippen LogP contribution in [0, 0.1) is 0 Å². The fourth-order valence-corrected chi connectivity index (χ4v) is 6.26. The van der Waals surface area contributed by atoms with Crippen LogP contribution in [0.1, 0.15) is 79.2 Å². The van der Waals surface area contributed by atoms with E-state index < -0.39 is 6.29 Å². The Hall–Kier alpha value is -3.96. The van der Waals surface area contributed by atoms with Crippen molar-refractivity contribution in [1.82, 2.24) is 10.2 Å². The summed E-state index contributed by atoms with van der Waals surface area (Å²) < 4.78 is 24.3. The van der Waals surface area contributed by atoms with Crippen molar-refractivity contribution in [2.24, 2.45) is 0 Å². The summed E-state index contributed by atoms with van der Waals surface area (Å²) in [4.78, 5) is 26.1. The maximum absolute atomic E-state index is 12.7. The van der Waals surface area contributed by atoms with Gasteiger partial charge in [-0.2, -0.15) is 0 Å². The van der Waals surface area contributed by atoms with E-state index in [1.54, 1.807) is 14.2 Å². The van der Waals surface area contributed by atoms with E-state index in [1.165, 1.54) is 18.1 Å². The van der Waals surface area contributed by atoms with Crippen molar-refractivity contribution in [3.8, 4) is 11.5 Å². The Bertz CT molecular complexity index is 1500. The molecule has 2 amide bonds. The molecule has 1 fully saturated rings. The summed E-state index contributed by atoms with van der Waals surface area (Å²) in [6.45, 7) is 4.54. The summed E-state index contributed by atoms with van der Waals surface area (Å²) in [5.74, 6) is 1.40. The zero-order valence-corrected chi connectivity index (χ0v) is 27.6. The average molecular weight is 646 g/mol. The molecule has 3 aromatic carbocycles. The first kappa shape index (κ1) is 34.4. The van der Waals surface area contributed by atoms with Crippen LogP contribution in [-0.2, 0) is 38.6 Å². The van der Waals surface area contributed by atoms with Gasteiger partial charge in [0.1, 0.15) is 0 Å². The van der Waals surface area contributed by atoms with E-state index in [1.807, 2.05) is 48.5 Å². The molecule has 3 aromatic rings. The van der Waals surface area contributed by atoms with Crippen LogP contribution in [0.15, 0.2) is 60.7 Å². The minimum absolute atomic E-state index is 0.0111. The molecule has 2 aliphatic heterocycles. The second-order valence-corrected chi connectivity index (χ2v) is 12.3. The molecule has 2 heterocycles. The molecular weight excluding hydrogens is 598 g/mol. The third kappa shape index (κ3) is 9.54. The van der Waals surface area contributed by atoms with Crippen molar-refractivity contribution in [3.05, 3.63) is 88.5 Å². The van der Waals surface area contributed by atoms with Gasteiger partial charge in [0.2, 0.25) is 11.8 Å². The molecule has 0 spiro atoms. The number of unbranched alkanes of at least 4 members (excludes halogenated alkanes) is 2. The summed E-state index contributed by atoms with van der Waals surface area (Å²) in [6.07, 6.45) is 3.53. The van der Waals surface area contributed by atoms with E-state index in [-0.39, 0.29) is 30.6 Å². The third-order valence-corrected chi connectivity index (χ3v) is 8.77. The molecule has 2 aliphatic rings. The molecule has 3 N–H and O–H groups in total. The molecule has 252 valence electrons. The molecule has 0 bridgehead atoms. The second kappa shape index (κ2) is 16.7. The number of aliphatic hydroxyl groups is 1. The number of nitrogens with one attached hydrogen (secondary N) is 2. The van der Waals surface area contributed by atoms with E-state index in [4.69, 9.17) is 18.9 Å². The number of aliphatic hydroxyl groups excluding tert-OH is 1. The van der Waals surface area contributed by atoms with E-state index in [2.05, 4.69) is 27.7 Å². The lowest BCUT2D eigenvalue weighted by Crippen LogP contribution is -2.41. The van der Waals surface area contributed by atoms with Crippen LogP contribution in [-0.4, -0.2) is 61.8 Å². The lowest BCUT2D eigenvalue weighted by atomic mass is 9.97. The summed E-state index contributed by atoms with van der Waals surface area (Å²) in [7, 11) is 3.32. The van der Waals surface area contributed by atoms with Gasteiger partial charge in [-0.3, -0.25) is 14.5 Å². The molecule has 1 saturated heterocycles. The number of methoxy groups -OCH3 is 2. The number of rotatable bonds is 14. The fourth-order valence-electron chi connectivity index (χ4n) is 6.26. The highest BCUT2D eigenvalue weighted by atomic mass is 16.7. The van der Waals surface area contributed by atoms with Gasteiger partial charge in [0.15, 0.2) is 17.8 Å². The van der Waals surface area contributed by atoms with Gasteiger partial charge in [-0.05, 0) is 65.8 Å². The van der Waals surface area contributed by atoms with Crippen molar-refractivity contribution < 1.29 is 33.6 Å². The molecule has 0 aliphatic carbocycles. The Morgan fingerprint density at radius 2 is 1.70 bits per heavy atom. The number of hydrogen-bond acceptors (Lipinski definition) is 8. The van der Waals surface area contributed by atoms with Crippen LogP contribution in [0.5, 0.6) is 11.5 Å².